The molecule has 4 rings (SSSR count). The van der Waals surface area contributed by atoms with E-state index in [4.69, 9.17) is 20.9 Å². The molecule has 1 aliphatic carbocycles. The van der Waals surface area contributed by atoms with E-state index in [1.807, 2.05) is 6.07 Å². The number of benzene rings is 2. The average Bonchev–Trinajstić information content (AvgIpc) is 3.33. The van der Waals surface area contributed by atoms with E-state index in [0.717, 1.165) is 43.6 Å². The number of hydrogen-bond donors (Lipinski definition) is 3. The maximum absolute atomic E-state index is 14.1. The topological polar surface area (TPSA) is 150 Å². The monoisotopic (exact) mass is 537 g/mol. The molecule has 1 heterocycles. The van der Waals surface area contributed by atoms with Crippen LogP contribution in [0.1, 0.15) is 63.9 Å². The van der Waals surface area contributed by atoms with Gasteiger partial charge < -0.3 is 26.3 Å². The molecule has 10 nitrogen and oxygen atoms in total. The number of nitrogens with zero attached hydrogens (tertiary/aromatic N) is 2. The van der Waals surface area contributed by atoms with Crippen LogP contribution in [0.15, 0.2) is 48.5 Å². The number of aromatic nitrogens is 1. The van der Waals surface area contributed by atoms with Gasteiger partial charge >= 0.3 is 0 Å². The Balaban J connectivity index is 1.86. The number of methoxy groups -OCH3 is 2. The Kier molecular flexibility index (Phi) is 8.47. The lowest BCUT2D eigenvalue weighted by molar-refractivity contribution is -0.123. The van der Waals surface area contributed by atoms with Crippen molar-refractivity contribution in [2.24, 2.45) is 5.73 Å². The molecule has 3 amide bonds. The van der Waals surface area contributed by atoms with Crippen LogP contribution in [-0.4, -0.2) is 42.4 Å². The van der Waals surface area contributed by atoms with Crippen molar-refractivity contribution in [3.8, 4) is 11.5 Å². The third-order valence-corrected chi connectivity index (χ3v) is 7.44. The fraction of sp³-hybridized carbons (Fsp3) is 0.333. The van der Waals surface area contributed by atoms with Crippen LogP contribution in [0, 0.1) is 0 Å². The molecule has 0 spiro atoms. The Hall–Kier alpha value is -4.12. The number of carbonyl (C=O) groups is 3. The summed E-state index contributed by atoms with van der Waals surface area (Å²) >= 11 is 0.766. The molecule has 0 unspecified atom stereocenters. The Labute approximate surface area is 225 Å². The zero-order chi connectivity index (χ0) is 27.2. The summed E-state index contributed by atoms with van der Waals surface area (Å²) in [4.78, 5) is 41.3. The first-order chi connectivity index (χ1) is 18.3. The molecule has 1 atom stereocenters. The SMILES string of the molecule is COc1ccc([C@@H](C(=O)NC2CCCCC2)N(C(=O)c2snc(C(N)=O)c2N)c2ccccc2)cc1OC. The molecule has 0 aliphatic heterocycles. The minimum absolute atomic E-state index is 0.00144. The minimum atomic E-state index is -1.09. The number of hydrogen-bond acceptors (Lipinski definition) is 8. The molecule has 200 valence electrons. The highest BCUT2D eigenvalue weighted by Gasteiger charge is 2.37. The van der Waals surface area contributed by atoms with Gasteiger partial charge in [-0.05, 0) is 54.2 Å². The van der Waals surface area contributed by atoms with Crippen molar-refractivity contribution >= 4 is 40.6 Å². The summed E-state index contributed by atoms with van der Waals surface area (Å²) < 4.78 is 14.9. The largest absolute Gasteiger partial charge is 0.493 e. The molecule has 1 aromatic heterocycles. The first-order valence-electron chi connectivity index (χ1n) is 12.3. The second kappa shape index (κ2) is 12.0. The van der Waals surface area contributed by atoms with Gasteiger partial charge in [0.15, 0.2) is 17.2 Å². The van der Waals surface area contributed by atoms with E-state index in [2.05, 4.69) is 9.69 Å². The number of para-hydroxylation sites is 1. The number of anilines is 2. The van der Waals surface area contributed by atoms with Gasteiger partial charge in [-0.3, -0.25) is 19.3 Å². The van der Waals surface area contributed by atoms with Crippen molar-refractivity contribution in [3.63, 3.8) is 0 Å². The lowest BCUT2D eigenvalue weighted by Gasteiger charge is -2.33. The highest BCUT2D eigenvalue weighted by molar-refractivity contribution is 7.09. The van der Waals surface area contributed by atoms with Crippen molar-refractivity contribution in [2.45, 2.75) is 44.2 Å². The van der Waals surface area contributed by atoms with Crippen molar-refractivity contribution < 1.29 is 23.9 Å². The Morgan fingerprint density at radius 2 is 1.71 bits per heavy atom. The van der Waals surface area contributed by atoms with Crippen molar-refractivity contribution in [2.75, 3.05) is 24.9 Å². The third-order valence-electron chi connectivity index (χ3n) is 6.59. The quantitative estimate of drug-likeness (QED) is 0.377. The van der Waals surface area contributed by atoms with Gasteiger partial charge in [-0.2, -0.15) is 4.37 Å². The van der Waals surface area contributed by atoms with Crippen LogP contribution < -0.4 is 31.2 Å². The summed E-state index contributed by atoms with van der Waals surface area (Å²) in [6, 6.07) is 12.8. The molecule has 0 radical (unpaired) electrons. The fourth-order valence-corrected chi connectivity index (χ4v) is 5.42. The lowest BCUT2D eigenvalue weighted by atomic mass is 9.94. The molecular formula is C27H31N5O5S. The Bertz CT molecular complexity index is 1310. The van der Waals surface area contributed by atoms with E-state index in [1.165, 1.54) is 19.1 Å². The predicted molar refractivity (Wildman–Crippen MR) is 146 cm³/mol. The molecule has 38 heavy (non-hydrogen) atoms. The van der Waals surface area contributed by atoms with Gasteiger partial charge in [-0.15, -0.1) is 0 Å². The maximum Gasteiger partial charge on any atom is 0.273 e. The summed E-state index contributed by atoms with van der Waals surface area (Å²) in [5.74, 6) is -0.875. The predicted octanol–water partition coefficient (Wildman–Crippen LogP) is 3.68. The summed E-state index contributed by atoms with van der Waals surface area (Å²) in [5, 5.41) is 3.16. The van der Waals surface area contributed by atoms with Crippen molar-refractivity contribution in [1.82, 2.24) is 9.69 Å². The van der Waals surface area contributed by atoms with E-state index in [0.29, 0.717) is 22.7 Å². The third kappa shape index (κ3) is 5.57. The molecule has 2 aromatic carbocycles. The standard InChI is InChI=1S/C27H31N5O5S/c1-36-19-14-13-16(15-20(19)37-2)23(26(34)30-17-9-5-3-6-10-17)32(18-11-7-4-8-12-18)27(35)24-21(28)22(25(29)33)31-38-24/h4,7-8,11-15,17,23H,3,5-6,9-10,28H2,1-2H3,(H2,29,33)(H,30,34)/t23-/m0/s1. The van der Waals surface area contributed by atoms with Crippen LogP contribution >= 0.6 is 11.5 Å². The molecule has 3 aromatic rings. The maximum atomic E-state index is 14.1. The molecule has 1 fully saturated rings. The van der Waals surface area contributed by atoms with Crippen molar-refractivity contribution in [1.29, 1.82) is 0 Å². The lowest BCUT2D eigenvalue weighted by Crippen LogP contribution is -2.47. The van der Waals surface area contributed by atoms with Gasteiger partial charge in [0.1, 0.15) is 10.9 Å². The number of rotatable bonds is 9. The number of nitrogen functional groups attached to an aromatic ring is 1. The Morgan fingerprint density at radius 3 is 2.32 bits per heavy atom. The van der Waals surface area contributed by atoms with Crippen LogP contribution in [0.2, 0.25) is 0 Å². The van der Waals surface area contributed by atoms with Gasteiger partial charge in [0, 0.05) is 11.7 Å². The van der Waals surface area contributed by atoms with Gasteiger partial charge in [0.25, 0.3) is 11.8 Å². The van der Waals surface area contributed by atoms with Gasteiger partial charge in [-0.1, -0.05) is 43.5 Å². The van der Waals surface area contributed by atoms with E-state index in [-0.39, 0.29) is 28.2 Å². The van der Waals surface area contributed by atoms with Crippen LogP contribution in [0.5, 0.6) is 11.5 Å². The molecule has 1 aliphatic rings. The molecule has 11 heteroatoms. The van der Waals surface area contributed by atoms with E-state index in [1.54, 1.807) is 42.5 Å². The first-order valence-corrected chi connectivity index (χ1v) is 13.1. The fourth-order valence-electron chi connectivity index (χ4n) is 4.68. The first kappa shape index (κ1) is 26.9. The Morgan fingerprint density at radius 1 is 1.03 bits per heavy atom. The molecule has 5 N–H and O–H groups in total. The zero-order valence-electron chi connectivity index (χ0n) is 21.3. The molecule has 0 saturated heterocycles. The van der Waals surface area contributed by atoms with E-state index >= 15 is 0 Å². The number of nitrogens with two attached hydrogens (primary N) is 2. The van der Waals surface area contributed by atoms with Crippen molar-refractivity contribution in [3.05, 3.63) is 64.7 Å². The van der Waals surface area contributed by atoms with E-state index in [9.17, 15) is 14.4 Å². The number of primary amides is 1. The smallest absolute Gasteiger partial charge is 0.273 e. The van der Waals surface area contributed by atoms with Crippen LogP contribution in [0.4, 0.5) is 11.4 Å². The molecule has 0 bridgehead atoms. The average molecular weight is 538 g/mol. The second-order valence-corrected chi connectivity index (χ2v) is 9.78. The minimum Gasteiger partial charge on any atom is -0.493 e. The van der Waals surface area contributed by atoms with Gasteiger partial charge in [-0.25, -0.2) is 0 Å². The van der Waals surface area contributed by atoms with Crippen LogP contribution in [0.25, 0.3) is 0 Å². The second-order valence-electron chi connectivity index (χ2n) is 9.01. The molecular weight excluding hydrogens is 506 g/mol. The highest BCUT2D eigenvalue weighted by Crippen LogP contribution is 2.37. The summed E-state index contributed by atoms with van der Waals surface area (Å²) in [6.45, 7) is 0. The number of carbonyl (C=O) groups excluding carboxylic acids is 3. The van der Waals surface area contributed by atoms with Crippen LogP contribution in [0.3, 0.4) is 0 Å². The zero-order valence-corrected chi connectivity index (χ0v) is 22.1. The van der Waals surface area contributed by atoms with Crippen LogP contribution in [-0.2, 0) is 4.79 Å². The highest BCUT2D eigenvalue weighted by atomic mass is 32.1. The van der Waals surface area contributed by atoms with Gasteiger partial charge in [0.05, 0.1) is 19.9 Å². The summed E-state index contributed by atoms with van der Waals surface area (Å²) in [6.07, 6.45) is 4.93. The number of amides is 3. The summed E-state index contributed by atoms with van der Waals surface area (Å²) in [7, 11) is 3.02. The van der Waals surface area contributed by atoms with E-state index < -0.39 is 17.9 Å². The summed E-state index contributed by atoms with van der Waals surface area (Å²) in [5.41, 5.74) is 12.2. The number of ether oxygens (including phenoxy) is 2. The molecule has 1 saturated carbocycles. The normalized spacial score (nSPS) is 14.4. The van der Waals surface area contributed by atoms with Gasteiger partial charge in [0.2, 0.25) is 5.91 Å². The number of nitrogens with one attached hydrogen (secondary N) is 1.